The fourth-order valence-corrected chi connectivity index (χ4v) is 4.64. The monoisotopic (exact) mass is 382 g/mol. The van der Waals surface area contributed by atoms with Gasteiger partial charge in [-0.2, -0.15) is 0 Å². The lowest BCUT2D eigenvalue weighted by Crippen LogP contribution is -2.44. The third-order valence-electron chi connectivity index (χ3n) is 7.43. The van der Waals surface area contributed by atoms with E-state index in [0.717, 1.165) is 18.8 Å². The molecule has 0 aromatic rings. The molecule has 153 valence electrons. The van der Waals surface area contributed by atoms with Crippen molar-refractivity contribution in [2.75, 3.05) is 6.61 Å². The van der Waals surface area contributed by atoms with Gasteiger partial charge < -0.3 is 10.5 Å². The molecule has 0 bridgehead atoms. The van der Waals surface area contributed by atoms with Crippen LogP contribution >= 0.6 is 0 Å². The van der Waals surface area contributed by atoms with Crippen LogP contribution in [0.4, 0.5) is 0 Å². The molecule has 3 nitrogen and oxygen atoms in total. The number of nitrogens with two attached hydrogens (primary N) is 1. The minimum atomic E-state index is -0.771. The molecule has 2 N–H and O–H groups in total. The van der Waals surface area contributed by atoms with E-state index in [0.29, 0.717) is 30.5 Å². The zero-order valence-corrected chi connectivity index (χ0v) is 19.6. The van der Waals surface area contributed by atoms with Crippen molar-refractivity contribution in [3.63, 3.8) is 0 Å². The number of hydrogen-bond donors (Lipinski definition) is 1. The topological polar surface area (TPSA) is 52.3 Å². The fourth-order valence-electron chi connectivity index (χ4n) is 4.64. The second-order valence-electron chi connectivity index (χ2n) is 12.0. The molecule has 1 aliphatic heterocycles. The SMILES string of the molecule is [B]B(C1CCC1B1[B]C1(C)C)C(C)(C)CCOC(C)(N)CCC(=O)C(C)(C)C. The van der Waals surface area contributed by atoms with Gasteiger partial charge in [0, 0.05) is 26.2 Å². The van der Waals surface area contributed by atoms with Gasteiger partial charge in [-0.1, -0.05) is 83.5 Å². The van der Waals surface area contributed by atoms with Crippen molar-refractivity contribution in [2.45, 2.75) is 115 Å². The Morgan fingerprint density at radius 1 is 1.21 bits per heavy atom. The van der Waals surface area contributed by atoms with Gasteiger partial charge in [-0.25, -0.2) is 0 Å². The molecule has 0 aromatic carbocycles. The highest BCUT2D eigenvalue weighted by Gasteiger charge is 2.58. The molecule has 0 amide bonds. The first-order valence-corrected chi connectivity index (χ1v) is 11.1. The quantitative estimate of drug-likeness (QED) is 0.451. The van der Waals surface area contributed by atoms with Crippen LogP contribution in [-0.2, 0) is 9.53 Å². The van der Waals surface area contributed by atoms with Crippen molar-refractivity contribution in [3.8, 4) is 0 Å². The molecule has 7 heteroatoms. The summed E-state index contributed by atoms with van der Waals surface area (Å²) in [5.74, 6) is 1.60. The standard InChI is InChI=1S/C21H40B4NO2/c1-18(2,3)17(27)11-12-21(8,26)28-14-13-19(4,5)24(22)15-9-10-16(15)25-20(6,7)23-25/h15-16H,9-14,26H2,1-8H3. The maximum absolute atomic E-state index is 12.2. The number of carbonyl (C=O) groups excluding carboxylic acids is 1. The normalized spacial score (nSPS) is 26.1. The molecule has 3 unspecified atom stereocenters. The van der Waals surface area contributed by atoms with E-state index < -0.39 is 5.72 Å². The Morgan fingerprint density at radius 2 is 1.79 bits per heavy atom. The van der Waals surface area contributed by atoms with Gasteiger partial charge in [0.1, 0.15) is 24.7 Å². The number of ketones is 1. The summed E-state index contributed by atoms with van der Waals surface area (Å²) in [5.41, 5.74) is 5.21. The second kappa shape index (κ2) is 8.17. The molecule has 0 spiro atoms. The molecule has 0 aromatic heterocycles. The van der Waals surface area contributed by atoms with Gasteiger partial charge in [0.05, 0.1) is 7.17 Å². The van der Waals surface area contributed by atoms with E-state index >= 15 is 0 Å². The smallest absolute Gasteiger partial charge is 0.138 e. The van der Waals surface area contributed by atoms with E-state index in [4.69, 9.17) is 18.2 Å². The molecule has 3 atom stereocenters. The molecule has 2 fully saturated rings. The van der Waals surface area contributed by atoms with Crippen LogP contribution in [0.25, 0.3) is 0 Å². The maximum atomic E-state index is 12.2. The van der Waals surface area contributed by atoms with Crippen LogP contribution in [0.1, 0.15) is 87.5 Å². The molecule has 2 aliphatic rings. The first-order chi connectivity index (χ1) is 12.6. The second-order valence-corrected chi connectivity index (χ2v) is 12.0. The van der Waals surface area contributed by atoms with E-state index in [1.54, 1.807) is 0 Å². The Balaban J connectivity index is 1.78. The summed E-state index contributed by atoms with van der Waals surface area (Å²) in [6, 6.07) is 0. The average Bonchev–Trinajstić information content (AvgIpc) is 3.09. The van der Waals surface area contributed by atoms with E-state index in [-0.39, 0.29) is 23.1 Å². The van der Waals surface area contributed by atoms with Gasteiger partial charge in [-0.15, -0.1) is 0 Å². The zero-order valence-electron chi connectivity index (χ0n) is 19.6. The fraction of sp³-hybridized carbons (Fsp3) is 0.952. The van der Waals surface area contributed by atoms with Crippen molar-refractivity contribution < 1.29 is 9.53 Å². The molecule has 28 heavy (non-hydrogen) atoms. The van der Waals surface area contributed by atoms with Crippen LogP contribution in [0.5, 0.6) is 0 Å². The third-order valence-corrected chi connectivity index (χ3v) is 7.43. The van der Waals surface area contributed by atoms with Gasteiger partial charge in [-0.05, 0) is 19.8 Å². The van der Waals surface area contributed by atoms with Gasteiger partial charge in [0.15, 0.2) is 0 Å². The summed E-state index contributed by atoms with van der Waals surface area (Å²) in [6.07, 6.45) is 4.46. The van der Waals surface area contributed by atoms with Crippen LogP contribution in [0, 0.1) is 5.41 Å². The minimum Gasteiger partial charge on any atom is -0.361 e. The summed E-state index contributed by atoms with van der Waals surface area (Å²) in [6.45, 7) is 18.4. The first kappa shape index (κ1) is 24.1. The van der Waals surface area contributed by atoms with Crippen molar-refractivity contribution in [2.24, 2.45) is 11.1 Å². The highest BCUT2D eigenvalue weighted by molar-refractivity contribution is 7.35. The number of carbonyl (C=O) groups is 1. The number of hydrogen-bond acceptors (Lipinski definition) is 3. The first-order valence-electron chi connectivity index (χ1n) is 11.1. The summed E-state index contributed by atoms with van der Waals surface area (Å²) in [5, 5.41) is 0.418. The molecular weight excluding hydrogens is 341 g/mol. The van der Waals surface area contributed by atoms with Crippen molar-refractivity contribution in [1.82, 2.24) is 0 Å². The van der Waals surface area contributed by atoms with E-state index in [1.807, 2.05) is 27.7 Å². The van der Waals surface area contributed by atoms with Gasteiger partial charge in [0.25, 0.3) is 0 Å². The van der Waals surface area contributed by atoms with Crippen LogP contribution < -0.4 is 5.73 Å². The van der Waals surface area contributed by atoms with Gasteiger partial charge >= 0.3 is 0 Å². The summed E-state index contributed by atoms with van der Waals surface area (Å²) < 4.78 is 5.99. The van der Waals surface area contributed by atoms with Gasteiger partial charge in [-0.3, -0.25) is 4.79 Å². The zero-order chi connectivity index (χ0) is 21.5. The summed E-state index contributed by atoms with van der Waals surface area (Å²) in [7, 11) is 9.24. The molecule has 1 heterocycles. The Hall–Kier alpha value is -0.150. The van der Waals surface area contributed by atoms with Crippen molar-refractivity contribution in [3.05, 3.63) is 0 Å². The van der Waals surface area contributed by atoms with Crippen LogP contribution in [0.15, 0.2) is 0 Å². The Bertz CT molecular complexity index is 571. The molecular formula is C21H40B4NO2. The lowest BCUT2D eigenvalue weighted by atomic mass is 9.10. The van der Waals surface area contributed by atoms with Crippen molar-refractivity contribution >= 4 is 33.9 Å². The highest BCUT2D eigenvalue weighted by atomic mass is 16.5. The van der Waals surface area contributed by atoms with Crippen LogP contribution in [-0.4, -0.2) is 46.2 Å². The predicted molar refractivity (Wildman–Crippen MR) is 125 cm³/mol. The number of ether oxygens (including phenoxy) is 1. The number of Topliss-reactive ketones (excluding diaryl/α,β-unsaturated/α-hetero) is 1. The van der Waals surface area contributed by atoms with Crippen molar-refractivity contribution in [1.29, 1.82) is 0 Å². The van der Waals surface area contributed by atoms with E-state index in [1.165, 1.54) is 12.8 Å². The summed E-state index contributed by atoms with van der Waals surface area (Å²) >= 11 is 0. The molecule has 2 rings (SSSR count). The van der Waals surface area contributed by atoms with E-state index in [2.05, 4.69) is 34.9 Å². The highest BCUT2D eigenvalue weighted by Crippen LogP contribution is 2.61. The Kier molecular flexibility index (Phi) is 7.04. The number of rotatable bonds is 10. The lowest BCUT2D eigenvalue weighted by molar-refractivity contribution is -0.128. The van der Waals surface area contributed by atoms with Gasteiger partial charge in [0.2, 0.25) is 0 Å². The Labute approximate surface area is 176 Å². The molecule has 1 aliphatic carbocycles. The molecule has 3 radical (unpaired) electrons. The third kappa shape index (κ3) is 5.94. The largest absolute Gasteiger partial charge is 0.361 e. The molecule has 1 saturated heterocycles. The average molecular weight is 382 g/mol. The molecule has 1 saturated carbocycles. The van der Waals surface area contributed by atoms with Crippen LogP contribution in [0.2, 0.25) is 22.2 Å². The van der Waals surface area contributed by atoms with E-state index in [9.17, 15) is 4.79 Å². The minimum absolute atomic E-state index is 0.0136. The summed E-state index contributed by atoms with van der Waals surface area (Å²) in [4.78, 5) is 12.2. The predicted octanol–water partition coefficient (Wildman–Crippen LogP) is 4.38. The Morgan fingerprint density at radius 3 is 2.21 bits per heavy atom. The lowest BCUT2D eigenvalue weighted by Gasteiger charge is -2.47. The van der Waals surface area contributed by atoms with Crippen LogP contribution in [0.3, 0.4) is 0 Å². The maximum Gasteiger partial charge on any atom is 0.138 e.